The van der Waals surface area contributed by atoms with Gasteiger partial charge < -0.3 is 15.5 Å². The van der Waals surface area contributed by atoms with Crippen molar-refractivity contribution in [1.82, 2.24) is 10.2 Å². The Kier molecular flexibility index (Phi) is 5.03. The van der Waals surface area contributed by atoms with Gasteiger partial charge in [0.15, 0.2) is 0 Å². The van der Waals surface area contributed by atoms with E-state index in [9.17, 15) is 14.4 Å². The smallest absolute Gasteiger partial charge is 0.241 e. The molecule has 1 aromatic rings. The van der Waals surface area contributed by atoms with Crippen molar-refractivity contribution in [2.45, 2.75) is 38.3 Å². The maximum Gasteiger partial charge on any atom is 0.241 e. The van der Waals surface area contributed by atoms with E-state index in [0.29, 0.717) is 17.4 Å². The molecule has 0 saturated heterocycles. The Hall–Kier alpha value is -2.41. The Balaban J connectivity index is 1.69. The van der Waals surface area contributed by atoms with Crippen molar-refractivity contribution in [1.29, 1.82) is 0 Å². The quantitative estimate of drug-likeness (QED) is 0.834. The van der Waals surface area contributed by atoms with E-state index in [1.807, 2.05) is 25.1 Å². The third-order valence-corrected chi connectivity index (χ3v) is 4.39. The van der Waals surface area contributed by atoms with Crippen LogP contribution in [0.4, 0.5) is 11.4 Å². The first-order chi connectivity index (χ1) is 11.9. The molecule has 1 heterocycles. The zero-order valence-corrected chi connectivity index (χ0v) is 14.6. The van der Waals surface area contributed by atoms with Gasteiger partial charge in [0.05, 0.1) is 24.5 Å². The molecule has 25 heavy (non-hydrogen) atoms. The number of carbonyl (C=O) groups is 3. The first-order valence-corrected chi connectivity index (χ1v) is 8.63. The number of amides is 3. The van der Waals surface area contributed by atoms with E-state index in [2.05, 4.69) is 10.6 Å². The predicted molar refractivity (Wildman–Crippen MR) is 95.3 cm³/mol. The van der Waals surface area contributed by atoms with Gasteiger partial charge in [0.25, 0.3) is 0 Å². The van der Waals surface area contributed by atoms with Crippen LogP contribution in [0.2, 0.25) is 0 Å². The number of nitrogens with zero attached hydrogens (tertiary/aromatic N) is 2. The van der Waals surface area contributed by atoms with Crippen LogP contribution in [0.15, 0.2) is 24.3 Å². The maximum absolute atomic E-state index is 12.9. The molecule has 134 valence electrons. The standard InChI is InChI=1S/C18H24N4O3/c1-12-9-16(23)20-14-5-3-4-6-15(14)22(12)18(25)11-21(2)10-17(24)19-13-7-8-13/h3-6,12-13H,7-11H2,1-2H3,(H,19,24)(H,20,23)/t12-/m0/s1. The summed E-state index contributed by atoms with van der Waals surface area (Å²) >= 11 is 0. The summed E-state index contributed by atoms with van der Waals surface area (Å²) in [7, 11) is 1.75. The van der Waals surface area contributed by atoms with Gasteiger partial charge in [0.1, 0.15) is 0 Å². The maximum atomic E-state index is 12.9. The molecule has 0 spiro atoms. The summed E-state index contributed by atoms with van der Waals surface area (Å²) in [4.78, 5) is 40.1. The zero-order chi connectivity index (χ0) is 18.0. The summed E-state index contributed by atoms with van der Waals surface area (Å²) in [6.07, 6.45) is 2.32. The van der Waals surface area contributed by atoms with Crippen molar-refractivity contribution in [3.8, 4) is 0 Å². The highest BCUT2D eigenvalue weighted by atomic mass is 16.2. The van der Waals surface area contributed by atoms with Gasteiger partial charge in [-0.15, -0.1) is 0 Å². The fraction of sp³-hybridized carbons (Fsp3) is 0.500. The number of hydrogen-bond acceptors (Lipinski definition) is 4. The van der Waals surface area contributed by atoms with Crippen molar-refractivity contribution in [3.05, 3.63) is 24.3 Å². The van der Waals surface area contributed by atoms with Crippen LogP contribution in [0.1, 0.15) is 26.2 Å². The fourth-order valence-electron chi connectivity index (χ4n) is 3.08. The average molecular weight is 344 g/mol. The van der Waals surface area contributed by atoms with Gasteiger partial charge in [-0.1, -0.05) is 12.1 Å². The minimum absolute atomic E-state index is 0.0565. The molecule has 3 amide bonds. The molecule has 0 radical (unpaired) electrons. The van der Waals surface area contributed by atoms with Gasteiger partial charge >= 0.3 is 0 Å². The summed E-state index contributed by atoms with van der Waals surface area (Å²) in [5.41, 5.74) is 1.33. The highest BCUT2D eigenvalue weighted by molar-refractivity contribution is 6.05. The summed E-state index contributed by atoms with van der Waals surface area (Å²) in [5, 5.41) is 5.76. The number of benzene rings is 1. The highest BCUT2D eigenvalue weighted by Gasteiger charge is 2.30. The second-order valence-corrected chi connectivity index (χ2v) is 6.90. The Bertz CT molecular complexity index is 687. The number of para-hydroxylation sites is 2. The van der Waals surface area contributed by atoms with Crippen LogP contribution in [0.5, 0.6) is 0 Å². The lowest BCUT2D eigenvalue weighted by Gasteiger charge is -2.29. The van der Waals surface area contributed by atoms with Crippen molar-refractivity contribution in [2.24, 2.45) is 0 Å². The van der Waals surface area contributed by atoms with Crippen molar-refractivity contribution >= 4 is 29.1 Å². The van der Waals surface area contributed by atoms with Crippen molar-refractivity contribution in [2.75, 3.05) is 30.4 Å². The third-order valence-electron chi connectivity index (χ3n) is 4.39. The summed E-state index contributed by atoms with van der Waals surface area (Å²) in [6.45, 7) is 2.16. The van der Waals surface area contributed by atoms with E-state index in [0.717, 1.165) is 12.8 Å². The minimum atomic E-state index is -0.246. The Morgan fingerprint density at radius 3 is 2.72 bits per heavy atom. The molecular formula is C18H24N4O3. The molecule has 2 N–H and O–H groups in total. The van der Waals surface area contributed by atoms with Crippen LogP contribution in [-0.2, 0) is 14.4 Å². The number of likely N-dealkylation sites (N-methyl/N-ethyl adjacent to an activating group) is 1. The van der Waals surface area contributed by atoms with Crippen molar-refractivity contribution < 1.29 is 14.4 Å². The Morgan fingerprint density at radius 2 is 2.00 bits per heavy atom. The number of carbonyl (C=O) groups excluding carboxylic acids is 3. The van der Waals surface area contributed by atoms with Crippen LogP contribution < -0.4 is 15.5 Å². The molecule has 3 rings (SSSR count). The predicted octanol–water partition coefficient (Wildman–Crippen LogP) is 0.961. The molecule has 0 aromatic heterocycles. The lowest BCUT2D eigenvalue weighted by atomic mass is 10.1. The normalized spacial score (nSPS) is 19.9. The molecule has 7 nitrogen and oxygen atoms in total. The largest absolute Gasteiger partial charge is 0.352 e. The van der Waals surface area contributed by atoms with Crippen LogP contribution in [-0.4, -0.2) is 54.8 Å². The molecule has 0 bridgehead atoms. The van der Waals surface area contributed by atoms with E-state index in [1.54, 1.807) is 22.9 Å². The molecular weight excluding hydrogens is 320 g/mol. The molecule has 1 saturated carbocycles. The molecule has 0 unspecified atom stereocenters. The molecule has 1 aliphatic carbocycles. The minimum Gasteiger partial charge on any atom is -0.352 e. The van der Waals surface area contributed by atoms with Crippen molar-refractivity contribution in [3.63, 3.8) is 0 Å². The molecule has 1 aromatic carbocycles. The number of hydrogen-bond donors (Lipinski definition) is 2. The number of fused-ring (bicyclic) bond motifs is 1. The van der Waals surface area contributed by atoms with Gasteiger partial charge in [-0.05, 0) is 38.9 Å². The van der Waals surface area contributed by atoms with Crippen LogP contribution in [0, 0.1) is 0 Å². The Morgan fingerprint density at radius 1 is 1.28 bits per heavy atom. The monoisotopic (exact) mass is 344 g/mol. The second-order valence-electron chi connectivity index (χ2n) is 6.90. The van der Waals surface area contributed by atoms with Gasteiger partial charge in [0.2, 0.25) is 17.7 Å². The van der Waals surface area contributed by atoms with Crippen LogP contribution in [0.25, 0.3) is 0 Å². The summed E-state index contributed by atoms with van der Waals surface area (Å²) < 4.78 is 0. The number of nitrogens with one attached hydrogen (secondary N) is 2. The van der Waals surface area contributed by atoms with Gasteiger partial charge in [0, 0.05) is 18.5 Å². The fourth-order valence-corrected chi connectivity index (χ4v) is 3.08. The van der Waals surface area contributed by atoms with E-state index in [-0.39, 0.29) is 43.3 Å². The highest BCUT2D eigenvalue weighted by Crippen LogP contribution is 2.31. The molecule has 1 fully saturated rings. The lowest BCUT2D eigenvalue weighted by Crippen LogP contribution is -2.46. The van der Waals surface area contributed by atoms with Crippen LogP contribution in [0.3, 0.4) is 0 Å². The van der Waals surface area contributed by atoms with E-state index >= 15 is 0 Å². The topological polar surface area (TPSA) is 81.8 Å². The first-order valence-electron chi connectivity index (χ1n) is 8.63. The van der Waals surface area contributed by atoms with Gasteiger partial charge in [-0.3, -0.25) is 19.3 Å². The summed E-state index contributed by atoms with van der Waals surface area (Å²) in [6, 6.07) is 7.35. The molecule has 1 atom stereocenters. The third kappa shape index (κ3) is 4.36. The molecule has 1 aliphatic heterocycles. The first kappa shape index (κ1) is 17.4. The zero-order valence-electron chi connectivity index (χ0n) is 14.6. The van der Waals surface area contributed by atoms with Gasteiger partial charge in [-0.25, -0.2) is 0 Å². The number of rotatable bonds is 5. The summed E-state index contributed by atoms with van der Waals surface area (Å²) in [5.74, 6) is -0.287. The Labute approximate surface area is 147 Å². The average Bonchev–Trinajstić information content (AvgIpc) is 3.32. The molecule has 7 heteroatoms. The SMILES string of the molecule is C[C@H]1CC(=O)Nc2ccccc2N1C(=O)CN(C)CC(=O)NC1CC1. The van der Waals surface area contributed by atoms with E-state index < -0.39 is 0 Å². The van der Waals surface area contributed by atoms with E-state index in [4.69, 9.17) is 0 Å². The van der Waals surface area contributed by atoms with Gasteiger partial charge in [-0.2, -0.15) is 0 Å². The lowest BCUT2D eigenvalue weighted by molar-refractivity contribution is -0.123. The van der Waals surface area contributed by atoms with Crippen LogP contribution >= 0.6 is 0 Å². The molecule has 2 aliphatic rings. The van der Waals surface area contributed by atoms with E-state index in [1.165, 1.54) is 0 Å². The second kappa shape index (κ2) is 7.23. The number of anilines is 2.